The molecule has 1 amide bonds. The maximum atomic E-state index is 11.4. The molecule has 2 rings (SSSR count). The van der Waals surface area contributed by atoms with Gasteiger partial charge in [-0.3, -0.25) is 9.59 Å². The third-order valence-electron chi connectivity index (χ3n) is 3.11. The predicted octanol–water partition coefficient (Wildman–Crippen LogP) is -0.0346. The fourth-order valence-electron chi connectivity index (χ4n) is 1.78. The molecule has 0 radical (unpaired) electrons. The van der Waals surface area contributed by atoms with Crippen LogP contribution in [0.5, 0.6) is 0 Å². The zero-order chi connectivity index (χ0) is 11.5. The van der Waals surface area contributed by atoms with Gasteiger partial charge in [-0.05, 0) is 32.2 Å². The first-order valence-electron chi connectivity index (χ1n) is 5.92. The van der Waals surface area contributed by atoms with Crippen LogP contribution in [0, 0.1) is 11.8 Å². The van der Waals surface area contributed by atoms with Crippen molar-refractivity contribution in [3.8, 4) is 0 Å². The normalized spacial score (nSPS) is 27.5. The Morgan fingerprint density at radius 2 is 1.94 bits per heavy atom. The van der Waals surface area contributed by atoms with Gasteiger partial charge in [-0.1, -0.05) is 0 Å². The van der Waals surface area contributed by atoms with E-state index < -0.39 is 11.9 Å². The van der Waals surface area contributed by atoms with E-state index in [2.05, 4.69) is 10.6 Å². The second kappa shape index (κ2) is 4.82. The second-order valence-corrected chi connectivity index (χ2v) is 4.66. The summed E-state index contributed by atoms with van der Waals surface area (Å²) in [6, 6.07) is 0.704. The Labute approximate surface area is 94.6 Å². The van der Waals surface area contributed by atoms with Crippen molar-refractivity contribution in [3.05, 3.63) is 0 Å². The molecular formula is C11H18N2O3. The van der Waals surface area contributed by atoms with E-state index in [1.165, 1.54) is 12.8 Å². The number of amides is 1. The highest BCUT2D eigenvalue weighted by molar-refractivity contribution is 5.89. The van der Waals surface area contributed by atoms with Crippen molar-refractivity contribution in [2.24, 2.45) is 11.8 Å². The third-order valence-corrected chi connectivity index (χ3v) is 3.11. The highest BCUT2D eigenvalue weighted by Gasteiger charge is 2.48. The molecule has 0 unspecified atom stereocenters. The maximum absolute atomic E-state index is 11.4. The number of nitrogens with one attached hydrogen (secondary N) is 2. The van der Waals surface area contributed by atoms with Gasteiger partial charge in [0.05, 0.1) is 11.8 Å². The first-order chi connectivity index (χ1) is 7.68. The molecule has 0 bridgehead atoms. The highest BCUT2D eigenvalue weighted by atomic mass is 16.4. The van der Waals surface area contributed by atoms with E-state index in [0.717, 1.165) is 13.0 Å². The van der Waals surface area contributed by atoms with Gasteiger partial charge in [0.25, 0.3) is 0 Å². The summed E-state index contributed by atoms with van der Waals surface area (Å²) in [7, 11) is 0. The van der Waals surface area contributed by atoms with Crippen molar-refractivity contribution < 1.29 is 14.7 Å². The number of carbonyl (C=O) groups excluding carboxylic acids is 1. The number of hydrogen-bond donors (Lipinski definition) is 3. The molecule has 0 aromatic carbocycles. The molecule has 5 nitrogen and oxygen atoms in total. The quantitative estimate of drug-likeness (QED) is 0.532. The van der Waals surface area contributed by atoms with Crippen LogP contribution >= 0.6 is 0 Å². The minimum Gasteiger partial charge on any atom is -0.481 e. The van der Waals surface area contributed by atoms with E-state index in [1.54, 1.807) is 0 Å². The molecule has 2 atom stereocenters. The summed E-state index contributed by atoms with van der Waals surface area (Å²) in [5, 5.41) is 14.8. The van der Waals surface area contributed by atoms with Gasteiger partial charge in [0.15, 0.2) is 0 Å². The van der Waals surface area contributed by atoms with Crippen LogP contribution in [-0.2, 0) is 9.59 Å². The van der Waals surface area contributed by atoms with E-state index in [9.17, 15) is 9.59 Å². The molecule has 16 heavy (non-hydrogen) atoms. The monoisotopic (exact) mass is 226 g/mol. The van der Waals surface area contributed by atoms with Crippen LogP contribution < -0.4 is 10.6 Å². The van der Waals surface area contributed by atoms with Crippen molar-refractivity contribution in [2.75, 3.05) is 13.1 Å². The van der Waals surface area contributed by atoms with Gasteiger partial charge in [-0.2, -0.15) is 0 Å². The molecule has 0 aliphatic heterocycles. The van der Waals surface area contributed by atoms with Crippen molar-refractivity contribution in [1.29, 1.82) is 0 Å². The number of hydrogen-bond acceptors (Lipinski definition) is 3. The molecule has 2 aliphatic rings. The number of carboxylic acids is 1. The molecule has 90 valence electrons. The summed E-state index contributed by atoms with van der Waals surface area (Å²) >= 11 is 0. The van der Waals surface area contributed by atoms with Crippen LogP contribution in [0.2, 0.25) is 0 Å². The van der Waals surface area contributed by atoms with E-state index >= 15 is 0 Å². The Balaban J connectivity index is 1.49. The molecule has 0 aromatic rings. The highest BCUT2D eigenvalue weighted by Crippen LogP contribution is 2.38. The summed E-state index contributed by atoms with van der Waals surface area (Å²) in [5.74, 6) is -1.67. The van der Waals surface area contributed by atoms with Gasteiger partial charge in [0.2, 0.25) is 5.91 Å². The Bertz CT molecular complexity index is 289. The average molecular weight is 226 g/mol. The van der Waals surface area contributed by atoms with Crippen LogP contribution in [0.25, 0.3) is 0 Å². The van der Waals surface area contributed by atoms with Crippen LogP contribution in [-0.4, -0.2) is 36.1 Å². The standard InChI is InChI=1S/C11H18N2O3/c14-10(8-6-9(8)11(15)16)13-5-1-4-12-7-2-3-7/h7-9,12H,1-6H2,(H,13,14)(H,15,16)/t8-,9+/m1/s1. The van der Waals surface area contributed by atoms with Gasteiger partial charge in [-0.25, -0.2) is 0 Å². The zero-order valence-electron chi connectivity index (χ0n) is 9.24. The minimum absolute atomic E-state index is 0.0983. The van der Waals surface area contributed by atoms with E-state index in [-0.39, 0.29) is 11.8 Å². The van der Waals surface area contributed by atoms with E-state index in [4.69, 9.17) is 5.11 Å². The Morgan fingerprint density at radius 1 is 1.19 bits per heavy atom. The van der Waals surface area contributed by atoms with Crippen molar-refractivity contribution in [3.63, 3.8) is 0 Å². The number of carbonyl (C=O) groups is 2. The molecule has 3 N–H and O–H groups in total. The van der Waals surface area contributed by atoms with Crippen molar-refractivity contribution in [2.45, 2.75) is 31.7 Å². The van der Waals surface area contributed by atoms with Gasteiger partial charge in [0.1, 0.15) is 0 Å². The summed E-state index contributed by atoms with van der Waals surface area (Å²) in [6.45, 7) is 1.57. The SMILES string of the molecule is O=C(O)[C@H]1C[C@H]1C(=O)NCCCNC1CC1. The molecule has 5 heteroatoms. The Morgan fingerprint density at radius 3 is 2.50 bits per heavy atom. The Kier molecular flexibility index (Phi) is 3.43. The van der Waals surface area contributed by atoms with Gasteiger partial charge in [0, 0.05) is 12.6 Å². The summed E-state index contributed by atoms with van der Waals surface area (Å²) in [5.41, 5.74) is 0. The minimum atomic E-state index is -0.851. The molecular weight excluding hydrogens is 208 g/mol. The molecule has 2 aliphatic carbocycles. The van der Waals surface area contributed by atoms with Crippen LogP contribution in [0.3, 0.4) is 0 Å². The maximum Gasteiger partial charge on any atom is 0.307 e. The molecule has 0 saturated heterocycles. The second-order valence-electron chi connectivity index (χ2n) is 4.66. The lowest BCUT2D eigenvalue weighted by Gasteiger charge is -2.05. The van der Waals surface area contributed by atoms with Crippen LogP contribution in [0.4, 0.5) is 0 Å². The molecule has 2 fully saturated rings. The smallest absolute Gasteiger partial charge is 0.307 e. The predicted molar refractivity (Wildman–Crippen MR) is 57.9 cm³/mol. The molecule has 0 aromatic heterocycles. The molecule has 0 spiro atoms. The summed E-state index contributed by atoms with van der Waals surface area (Å²) in [6.07, 6.45) is 3.96. The van der Waals surface area contributed by atoms with Gasteiger partial charge in [-0.15, -0.1) is 0 Å². The van der Waals surface area contributed by atoms with Gasteiger partial charge < -0.3 is 15.7 Å². The van der Waals surface area contributed by atoms with Gasteiger partial charge >= 0.3 is 5.97 Å². The van der Waals surface area contributed by atoms with E-state index in [0.29, 0.717) is 19.0 Å². The zero-order valence-corrected chi connectivity index (χ0v) is 9.24. The largest absolute Gasteiger partial charge is 0.481 e. The number of aliphatic carboxylic acids is 1. The van der Waals surface area contributed by atoms with Crippen molar-refractivity contribution in [1.82, 2.24) is 10.6 Å². The summed E-state index contributed by atoms with van der Waals surface area (Å²) in [4.78, 5) is 22.0. The number of rotatable bonds is 7. The van der Waals surface area contributed by atoms with Crippen LogP contribution in [0.1, 0.15) is 25.7 Å². The fraction of sp³-hybridized carbons (Fsp3) is 0.818. The average Bonchev–Trinajstić information content (AvgIpc) is 3.11. The fourth-order valence-corrected chi connectivity index (χ4v) is 1.78. The van der Waals surface area contributed by atoms with Crippen molar-refractivity contribution >= 4 is 11.9 Å². The first kappa shape index (κ1) is 11.4. The first-order valence-corrected chi connectivity index (χ1v) is 5.92. The lowest BCUT2D eigenvalue weighted by atomic mass is 10.3. The molecule has 2 saturated carbocycles. The molecule has 0 heterocycles. The lowest BCUT2D eigenvalue weighted by Crippen LogP contribution is -2.29. The summed E-state index contributed by atoms with van der Waals surface area (Å²) < 4.78 is 0. The number of carboxylic acid groups (broad SMARTS) is 1. The van der Waals surface area contributed by atoms with E-state index in [1.807, 2.05) is 0 Å². The van der Waals surface area contributed by atoms with Crippen LogP contribution in [0.15, 0.2) is 0 Å². The Hall–Kier alpha value is -1.10. The third kappa shape index (κ3) is 3.20. The topological polar surface area (TPSA) is 78.4 Å². The lowest BCUT2D eigenvalue weighted by molar-refractivity contribution is -0.140.